The maximum absolute atomic E-state index is 12.0. The molecule has 1 aliphatic rings. The average molecular weight is 297 g/mol. The Morgan fingerprint density at radius 3 is 2.91 bits per heavy atom. The lowest BCUT2D eigenvalue weighted by atomic mass is 9.95. The first kappa shape index (κ1) is 14.4. The van der Waals surface area contributed by atoms with Crippen LogP contribution in [0.2, 0.25) is 0 Å². The van der Waals surface area contributed by atoms with E-state index >= 15 is 0 Å². The number of hydrogen-bond acceptors (Lipinski definition) is 3. The van der Waals surface area contributed by atoms with Crippen molar-refractivity contribution in [2.24, 2.45) is 0 Å². The van der Waals surface area contributed by atoms with Crippen molar-refractivity contribution in [2.75, 3.05) is 5.32 Å². The first-order valence-electron chi connectivity index (χ1n) is 7.47. The molecule has 1 aromatic heterocycles. The van der Waals surface area contributed by atoms with E-state index in [1.165, 1.54) is 6.26 Å². The monoisotopic (exact) mass is 297 g/mol. The molecule has 0 spiro atoms. The van der Waals surface area contributed by atoms with Gasteiger partial charge >= 0.3 is 0 Å². The van der Waals surface area contributed by atoms with Crippen molar-refractivity contribution in [1.82, 2.24) is 0 Å². The molecule has 0 bridgehead atoms. The number of benzene rings is 1. The number of amides is 1. The van der Waals surface area contributed by atoms with E-state index in [4.69, 9.17) is 9.15 Å². The average Bonchev–Trinajstić information content (AvgIpc) is 3.02. The summed E-state index contributed by atoms with van der Waals surface area (Å²) in [5.41, 5.74) is 1.43. The van der Waals surface area contributed by atoms with E-state index in [1.54, 1.807) is 12.1 Å². The van der Waals surface area contributed by atoms with E-state index < -0.39 is 0 Å². The molecule has 1 aromatic carbocycles. The van der Waals surface area contributed by atoms with Gasteiger partial charge in [-0.05, 0) is 49.8 Å². The molecule has 1 amide bonds. The van der Waals surface area contributed by atoms with Gasteiger partial charge in [-0.3, -0.25) is 4.79 Å². The van der Waals surface area contributed by atoms with Gasteiger partial charge in [-0.15, -0.1) is 0 Å². The SMILES string of the molecule is CCCC1(C)C=Cc2cc(NC(=O)c3ccco3)ccc2O1. The quantitative estimate of drug-likeness (QED) is 0.904. The molecule has 1 aliphatic heterocycles. The van der Waals surface area contributed by atoms with Gasteiger partial charge in [0.15, 0.2) is 5.76 Å². The second-order valence-corrected chi connectivity index (χ2v) is 5.68. The molecular weight excluding hydrogens is 278 g/mol. The molecular formula is C18H19NO3. The predicted molar refractivity (Wildman–Crippen MR) is 86.1 cm³/mol. The number of nitrogens with one attached hydrogen (secondary N) is 1. The van der Waals surface area contributed by atoms with E-state index in [2.05, 4.69) is 31.3 Å². The highest BCUT2D eigenvalue weighted by atomic mass is 16.5. The number of hydrogen-bond donors (Lipinski definition) is 1. The normalized spacial score (nSPS) is 19.4. The van der Waals surface area contributed by atoms with Crippen molar-refractivity contribution < 1.29 is 13.9 Å². The van der Waals surface area contributed by atoms with Crippen LogP contribution in [0.5, 0.6) is 5.75 Å². The maximum Gasteiger partial charge on any atom is 0.291 e. The molecule has 22 heavy (non-hydrogen) atoms. The number of carbonyl (C=O) groups is 1. The Balaban J connectivity index is 1.78. The zero-order valence-corrected chi connectivity index (χ0v) is 12.8. The number of furan rings is 1. The highest BCUT2D eigenvalue weighted by Gasteiger charge is 2.26. The molecule has 2 heterocycles. The van der Waals surface area contributed by atoms with Gasteiger partial charge in [0.1, 0.15) is 11.4 Å². The number of fused-ring (bicyclic) bond motifs is 1. The minimum atomic E-state index is -0.263. The van der Waals surface area contributed by atoms with Crippen LogP contribution in [0, 0.1) is 0 Å². The van der Waals surface area contributed by atoms with Crippen LogP contribution in [-0.2, 0) is 0 Å². The van der Waals surface area contributed by atoms with Gasteiger partial charge in [-0.25, -0.2) is 0 Å². The third-order valence-corrected chi connectivity index (χ3v) is 3.72. The lowest BCUT2D eigenvalue weighted by Gasteiger charge is -2.31. The molecule has 0 fully saturated rings. The largest absolute Gasteiger partial charge is 0.483 e. The van der Waals surface area contributed by atoms with E-state index in [9.17, 15) is 4.79 Å². The number of ether oxygens (including phenoxy) is 1. The molecule has 2 aromatic rings. The summed E-state index contributed by atoms with van der Waals surface area (Å²) < 4.78 is 11.2. The topological polar surface area (TPSA) is 51.5 Å². The molecule has 114 valence electrons. The second-order valence-electron chi connectivity index (χ2n) is 5.68. The Morgan fingerprint density at radius 1 is 1.32 bits per heavy atom. The summed E-state index contributed by atoms with van der Waals surface area (Å²) in [6, 6.07) is 8.95. The Morgan fingerprint density at radius 2 is 2.18 bits per heavy atom. The summed E-state index contributed by atoms with van der Waals surface area (Å²) in [5.74, 6) is 0.871. The molecule has 1 atom stereocenters. The summed E-state index contributed by atoms with van der Waals surface area (Å²) in [5, 5.41) is 2.82. The highest BCUT2D eigenvalue weighted by Crippen LogP contribution is 2.34. The first-order valence-corrected chi connectivity index (χ1v) is 7.47. The van der Waals surface area contributed by atoms with E-state index in [0.29, 0.717) is 11.4 Å². The molecule has 4 nitrogen and oxygen atoms in total. The van der Waals surface area contributed by atoms with Gasteiger partial charge < -0.3 is 14.5 Å². The molecule has 3 rings (SSSR count). The lowest BCUT2D eigenvalue weighted by Crippen LogP contribution is -2.31. The first-order chi connectivity index (χ1) is 10.6. The molecule has 1 N–H and O–H groups in total. The molecule has 0 saturated carbocycles. The molecule has 0 saturated heterocycles. The summed E-state index contributed by atoms with van der Waals surface area (Å²) in [6.45, 7) is 4.23. The standard InChI is InChI=1S/C18H19NO3/c1-3-9-18(2)10-8-13-12-14(6-7-15(13)22-18)19-17(20)16-5-4-11-21-16/h4-8,10-12H,3,9H2,1-2H3,(H,19,20). The molecule has 1 unspecified atom stereocenters. The van der Waals surface area contributed by atoms with Crippen molar-refractivity contribution in [3.05, 3.63) is 54.0 Å². The van der Waals surface area contributed by atoms with E-state index in [0.717, 1.165) is 24.2 Å². The van der Waals surface area contributed by atoms with Crippen molar-refractivity contribution >= 4 is 17.7 Å². The molecule has 0 radical (unpaired) electrons. The predicted octanol–water partition coefficient (Wildman–Crippen LogP) is 4.50. The van der Waals surface area contributed by atoms with E-state index in [1.807, 2.05) is 18.2 Å². The Kier molecular flexibility index (Phi) is 3.75. The fourth-order valence-electron chi connectivity index (χ4n) is 2.63. The van der Waals surface area contributed by atoms with Crippen LogP contribution in [0.1, 0.15) is 42.8 Å². The maximum atomic E-state index is 12.0. The van der Waals surface area contributed by atoms with Crippen LogP contribution in [0.3, 0.4) is 0 Å². The lowest BCUT2D eigenvalue weighted by molar-refractivity contribution is 0.0996. The number of anilines is 1. The molecule has 0 aliphatic carbocycles. The Hall–Kier alpha value is -2.49. The Bertz CT molecular complexity index is 703. The van der Waals surface area contributed by atoms with Crippen molar-refractivity contribution in [1.29, 1.82) is 0 Å². The Labute approximate surface area is 129 Å². The van der Waals surface area contributed by atoms with Crippen LogP contribution < -0.4 is 10.1 Å². The fourth-order valence-corrected chi connectivity index (χ4v) is 2.63. The minimum absolute atomic E-state index is 0.249. The highest BCUT2D eigenvalue weighted by molar-refractivity contribution is 6.02. The zero-order chi connectivity index (χ0) is 15.6. The van der Waals surface area contributed by atoms with Crippen LogP contribution in [0.15, 0.2) is 47.1 Å². The van der Waals surface area contributed by atoms with Gasteiger partial charge in [0.25, 0.3) is 5.91 Å². The number of rotatable bonds is 4. The third-order valence-electron chi connectivity index (χ3n) is 3.72. The summed E-state index contributed by atoms with van der Waals surface area (Å²) in [6.07, 6.45) is 7.65. The number of carbonyl (C=O) groups excluding carboxylic acids is 1. The van der Waals surface area contributed by atoms with Crippen LogP contribution in [0.4, 0.5) is 5.69 Å². The van der Waals surface area contributed by atoms with Gasteiger partial charge in [-0.1, -0.05) is 19.4 Å². The summed E-state index contributed by atoms with van der Waals surface area (Å²) in [4.78, 5) is 12.0. The van der Waals surface area contributed by atoms with E-state index in [-0.39, 0.29) is 11.5 Å². The van der Waals surface area contributed by atoms with Gasteiger partial charge in [-0.2, -0.15) is 0 Å². The fraction of sp³-hybridized carbons (Fsp3) is 0.278. The van der Waals surface area contributed by atoms with Crippen LogP contribution in [-0.4, -0.2) is 11.5 Å². The summed E-state index contributed by atoms with van der Waals surface area (Å²) in [7, 11) is 0. The zero-order valence-electron chi connectivity index (χ0n) is 12.8. The van der Waals surface area contributed by atoms with Crippen molar-refractivity contribution in [3.63, 3.8) is 0 Å². The minimum Gasteiger partial charge on any atom is -0.483 e. The molecule has 4 heteroatoms. The smallest absolute Gasteiger partial charge is 0.291 e. The summed E-state index contributed by atoms with van der Waals surface area (Å²) >= 11 is 0. The third kappa shape index (κ3) is 2.91. The van der Waals surface area contributed by atoms with Crippen LogP contribution in [0.25, 0.3) is 6.08 Å². The van der Waals surface area contributed by atoms with Crippen molar-refractivity contribution in [3.8, 4) is 5.75 Å². The van der Waals surface area contributed by atoms with Crippen LogP contribution >= 0.6 is 0 Å². The van der Waals surface area contributed by atoms with Gasteiger partial charge in [0.05, 0.1) is 6.26 Å². The van der Waals surface area contributed by atoms with Crippen molar-refractivity contribution in [2.45, 2.75) is 32.3 Å². The van der Waals surface area contributed by atoms with Gasteiger partial charge in [0.2, 0.25) is 0 Å². The van der Waals surface area contributed by atoms with Gasteiger partial charge in [0, 0.05) is 11.3 Å². The second kappa shape index (κ2) is 5.72.